The second-order valence-electron chi connectivity index (χ2n) is 8.66. The number of ether oxygens (including phenoxy) is 1. The van der Waals surface area contributed by atoms with Gasteiger partial charge in [-0.15, -0.1) is 0 Å². The molecule has 2 aliphatic carbocycles. The number of nitrogens with zero attached hydrogens (tertiary/aromatic N) is 1. The van der Waals surface area contributed by atoms with Crippen molar-refractivity contribution in [2.24, 2.45) is 5.92 Å². The first kappa shape index (κ1) is 24.1. The molecule has 1 aliphatic heterocycles. The molecule has 1 heterocycles. The van der Waals surface area contributed by atoms with Gasteiger partial charge in [-0.25, -0.2) is 26.3 Å². The molecule has 0 N–H and O–H groups in total. The van der Waals surface area contributed by atoms with Crippen LogP contribution in [-0.4, -0.2) is 37.4 Å². The minimum absolute atomic E-state index is 0.0508. The number of allylic oxidation sites excluding steroid dienone is 6. The summed E-state index contributed by atoms with van der Waals surface area (Å²) in [4.78, 5) is 1.22. The minimum Gasteiger partial charge on any atom is -0.487 e. The van der Waals surface area contributed by atoms with Crippen LogP contribution in [0.1, 0.15) is 31.7 Å². The Labute approximate surface area is 193 Å². The normalized spacial score (nSPS) is 18.0. The first-order valence-corrected chi connectivity index (χ1v) is 11.0. The minimum atomic E-state index is -2.82. The molecular formula is C26H23F6NO. The highest BCUT2D eigenvalue weighted by Gasteiger charge is 2.30. The van der Waals surface area contributed by atoms with Crippen molar-refractivity contribution in [3.05, 3.63) is 81.3 Å². The van der Waals surface area contributed by atoms with Crippen LogP contribution in [0.4, 0.5) is 26.3 Å². The molecule has 1 fully saturated rings. The van der Waals surface area contributed by atoms with Gasteiger partial charge in [-0.3, -0.25) is 0 Å². The molecule has 2 nitrogen and oxygen atoms in total. The van der Waals surface area contributed by atoms with E-state index in [1.165, 1.54) is 17.7 Å². The molecule has 3 aliphatic rings. The highest BCUT2D eigenvalue weighted by Crippen LogP contribution is 2.39. The van der Waals surface area contributed by atoms with E-state index in [1.54, 1.807) is 19.1 Å². The third-order valence-corrected chi connectivity index (χ3v) is 5.69. The SMILES string of the molecule is CC1=CC(C2=C=C=C(CC3CC3)C=C2)=C(c2c(F)cc(OCC(F)F)cc2F)N(CC(F)F)C1. The van der Waals surface area contributed by atoms with Gasteiger partial charge >= 0.3 is 0 Å². The zero-order valence-electron chi connectivity index (χ0n) is 18.5. The van der Waals surface area contributed by atoms with Gasteiger partial charge in [0.15, 0.2) is 0 Å². The smallest absolute Gasteiger partial charge is 0.272 e. The summed E-state index contributed by atoms with van der Waals surface area (Å²) in [6, 6.07) is 1.57. The van der Waals surface area contributed by atoms with Gasteiger partial charge in [0.05, 0.1) is 17.8 Å². The molecule has 1 saturated carbocycles. The van der Waals surface area contributed by atoms with Crippen LogP contribution in [0.25, 0.3) is 5.70 Å². The predicted molar refractivity (Wildman–Crippen MR) is 117 cm³/mol. The molecule has 180 valence electrons. The Morgan fingerprint density at radius 3 is 2.29 bits per heavy atom. The van der Waals surface area contributed by atoms with Crippen LogP contribution >= 0.6 is 0 Å². The lowest BCUT2D eigenvalue weighted by Crippen LogP contribution is -2.33. The number of rotatable bonds is 9. The Morgan fingerprint density at radius 2 is 1.74 bits per heavy atom. The Balaban J connectivity index is 1.84. The van der Waals surface area contributed by atoms with E-state index < -0.39 is 48.9 Å². The van der Waals surface area contributed by atoms with Crippen LogP contribution in [0, 0.1) is 17.6 Å². The van der Waals surface area contributed by atoms with Crippen LogP contribution in [0.5, 0.6) is 5.75 Å². The molecule has 0 atom stereocenters. The highest BCUT2D eigenvalue weighted by atomic mass is 19.3. The van der Waals surface area contributed by atoms with Crippen molar-refractivity contribution in [1.29, 1.82) is 0 Å². The van der Waals surface area contributed by atoms with Crippen molar-refractivity contribution in [1.82, 2.24) is 4.90 Å². The summed E-state index contributed by atoms with van der Waals surface area (Å²) in [5, 5.41) is 0. The summed E-state index contributed by atoms with van der Waals surface area (Å²) >= 11 is 0. The third kappa shape index (κ3) is 5.69. The number of benzene rings is 1. The van der Waals surface area contributed by atoms with E-state index >= 15 is 8.78 Å². The lowest BCUT2D eigenvalue weighted by Gasteiger charge is -2.33. The maximum absolute atomic E-state index is 15.1. The van der Waals surface area contributed by atoms with Crippen molar-refractivity contribution in [2.75, 3.05) is 19.7 Å². The van der Waals surface area contributed by atoms with Crippen molar-refractivity contribution < 1.29 is 31.1 Å². The van der Waals surface area contributed by atoms with Crippen LogP contribution in [0.2, 0.25) is 0 Å². The highest BCUT2D eigenvalue weighted by molar-refractivity contribution is 5.78. The molecule has 1 aromatic carbocycles. The first-order valence-electron chi connectivity index (χ1n) is 11.0. The summed E-state index contributed by atoms with van der Waals surface area (Å²) in [6.45, 7) is 0.0310. The molecule has 0 aromatic heterocycles. The molecule has 0 unspecified atom stereocenters. The van der Waals surface area contributed by atoms with Crippen molar-refractivity contribution >= 4 is 5.70 Å². The molecule has 0 spiro atoms. The molecule has 4 rings (SSSR count). The van der Waals surface area contributed by atoms with E-state index in [-0.39, 0.29) is 12.2 Å². The maximum atomic E-state index is 15.1. The summed E-state index contributed by atoms with van der Waals surface area (Å²) in [7, 11) is 0. The van der Waals surface area contributed by atoms with Crippen molar-refractivity contribution in [2.45, 2.75) is 39.0 Å². The molecule has 0 saturated heterocycles. The molecule has 0 bridgehead atoms. The number of hydrogen-bond donors (Lipinski definition) is 0. The molecule has 8 heteroatoms. The van der Waals surface area contributed by atoms with Gasteiger partial charge in [-0.1, -0.05) is 23.1 Å². The average Bonchev–Trinajstić information content (AvgIpc) is 3.57. The fourth-order valence-electron chi connectivity index (χ4n) is 4.07. The fourth-order valence-corrected chi connectivity index (χ4v) is 4.07. The van der Waals surface area contributed by atoms with Crippen LogP contribution in [0.15, 0.2) is 64.1 Å². The summed E-state index contributed by atoms with van der Waals surface area (Å²) < 4.78 is 86.7. The van der Waals surface area contributed by atoms with Gasteiger partial charge in [-0.05, 0) is 44.3 Å². The lowest BCUT2D eigenvalue weighted by molar-refractivity contribution is 0.0815. The van der Waals surface area contributed by atoms with Gasteiger partial charge in [-0.2, -0.15) is 0 Å². The number of hydrogen-bond acceptors (Lipinski definition) is 2. The summed E-state index contributed by atoms with van der Waals surface area (Å²) in [6.07, 6.45) is 2.94. The monoisotopic (exact) mass is 479 g/mol. The van der Waals surface area contributed by atoms with Crippen LogP contribution < -0.4 is 4.74 Å². The zero-order chi connectivity index (χ0) is 24.4. The van der Waals surface area contributed by atoms with Gasteiger partial charge < -0.3 is 9.64 Å². The standard InChI is InChI=1S/C26H23F6NO/c1-15-8-20(18-6-4-17(5-7-18)9-16-2-3-16)26(33(12-15)13-23(29)30)25-21(27)10-19(11-22(25)28)34-14-24(31)32/h4,6,8,10-11,16,23-24H,2-3,9,12-14H2,1H3. The summed E-state index contributed by atoms with van der Waals surface area (Å²) in [5.74, 6) is -1.97. The van der Waals surface area contributed by atoms with Crippen molar-refractivity contribution in [3.8, 4) is 5.75 Å². The average molecular weight is 479 g/mol. The number of halogens is 6. The Hall–Kier alpha value is -3.08. The molecular weight excluding hydrogens is 456 g/mol. The lowest BCUT2D eigenvalue weighted by atomic mass is 9.91. The largest absolute Gasteiger partial charge is 0.487 e. The zero-order valence-corrected chi connectivity index (χ0v) is 18.5. The van der Waals surface area contributed by atoms with Gasteiger partial charge in [0, 0.05) is 35.4 Å². The summed E-state index contributed by atoms with van der Waals surface area (Å²) in [5.41, 5.74) is 8.01. The molecule has 34 heavy (non-hydrogen) atoms. The maximum Gasteiger partial charge on any atom is 0.272 e. The van der Waals surface area contributed by atoms with E-state index in [9.17, 15) is 17.6 Å². The van der Waals surface area contributed by atoms with E-state index in [2.05, 4.69) is 11.5 Å². The van der Waals surface area contributed by atoms with Crippen molar-refractivity contribution in [3.63, 3.8) is 0 Å². The predicted octanol–water partition coefficient (Wildman–Crippen LogP) is 6.82. The second-order valence-corrected chi connectivity index (χ2v) is 8.66. The van der Waals surface area contributed by atoms with E-state index in [0.29, 0.717) is 17.1 Å². The Bertz CT molecular complexity index is 1140. The quantitative estimate of drug-likeness (QED) is 0.285. The Morgan fingerprint density at radius 1 is 1.03 bits per heavy atom. The topological polar surface area (TPSA) is 12.5 Å². The first-order chi connectivity index (χ1) is 16.2. The Kier molecular flexibility index (Phi) is 7.11. The van der Waals surface area contributed by atoms with E-state index in [1.807, 2.05) is 6.08 Å². The van der Waals surface area contributed by atoms with Gasteiger partial charge in [0.2, 0.25) is 0 Å². The fraction of sp³-hybridized carbons (Fsp3) is 0.385. The molecule has 0 radical (unpaired) electrons. The van der Waals surface area contributed by atoms with Crippen LogP contribution in [-0.2, 0) is 0 Å². The van der Waals surface area contributed by atoms with Crippen LogP contribution in [0.3, 0.4) is 0 Å². The molecule has 0 amide bonds. The second kappa shape index (κ2) is 10.0. The van der Waals surface area contributed by atoms with E-state index in [4.69, 9.17) is 4.74 Å². The third-order valence-electron chi connectivity index (χ3n) is 5.69. The molecule has 1 aromatic rings. The van der Waals surface area contributed by atoms with E-state index in [0.717, 1.165) is 29.7 Å². The van der Waals surface area contributed by atoms with Gasteiger partial charge in [0.1, 0.15) is 24.0 Å². The number of alkyl halides is 4. The van der Waals surface area contributed by atoms with Gasteiger partial charge in [0.25, 0.3) is 12.9 Å².